The van der Waals surface area contributed by atoms with Crippen molar-refractivity contribution in [2.45, 2.75) is 90.9 Å². The number of esters is 3. The first-order chi connectivity index (χ1) is 29.1. The van der Waals surface area contributed by atoms with Crippen LogP contribution in [0.4, 0.5) is 0 Å². The Balaban J connectivity index is 1.27. The zero-order chi connectivity index (χ0) is 44.3. The van der Waals surface area contributed by atoms with E-state index in [4.69, 9.17) is 35.3 Å². The van der Waals surface area contributed by atoms with Crippen molar-refractivity contribution in [3.05, 3.63) is 89.0 Å². The van der Waals surface area contributed by atoms with E-state index in [0.29, 0.717) is 16.3 Å². The maximum absolute atomic E-state index is 13.8. The van der Waals surface area contributed by atoms with Gasteiger partial charge in [0, 0.05) is 58.0 Å². The van der Waals surface area contributed by atoms with Gasteiger partial charge in [-0.25, -0.2) is 4.79 Å². The summed E-state index contributed by atoms with van der Waals surface area (Å²) >= 11 is 6.36. The molecule has 2 aromatic carbocycles. The molecule has 0 aliphatic carbocycles. The summed E-state index contributed by atoms with van der Waals surface area (Å²) in [6.45, 7) is 17.0. The molecule has 0 radical (unpaired) electrons. The predicted molar refractivity (Wildman–Crippen MR) is 229 cm³/mol. The van der Waals surface area contributed by atoms with Gasteiger partial charge in [-0.3, -0.25) is 29.0 Å². The summed E-state index contributed by atoms with van der Waals surface area (Å²) in [5.74, 6) is -2.47. The molecule has 0 spiro atoms. The van der Waals surface area contributed by atoms with Gasteiger partial charge in [0.25, 0.3) is 0 Å². The van der Waals surface area contributed by atoms with Gasteiger partial charge in [0.2, 0.25) is 11.8 Å². The Morgan fingerprint density at radius 1 is 1.00 bits per heavy atom. The lowest BCUT2D eigenvalue weighted by Crippen LogP contribution is -2.51. The second kappa shape index (κ2) is 21.9. The number of epoxide rings is 1. The second-order valence-electron chi connectivity index (χ2n) is 17.1. The topological polar surface area (TPSA) is 165 Å². The van der Waals surface area contributed by atoms with Crippen molar-refractivity contribution in [1.82, 2.24) is 20.4 Å². The van der Waals surface area contributed by atoms with E-state index >= 15 is 0 Å². The lowest BCUT2D eigenvalue weighted by molar-refractivity contribution is -0.179. The van der Waals surface area contributed by atoms with Crippen molar-refractivity contribution in [1.29, 1.82) is 0 Å². The molecule has 5 rings (SSSR count). The summed E-state index contributed by atoms with van der Waals surface area (Å²) in [5.41, 5.74) is 1.61. The highest BCUT2D eigenvalue weighted by atomic mass is 35.5. The van der Waals surface area contributed by atoms with Crippen LogP contribution in [-0.2, 0) is 55.9 Å². The maximum atomic E-state index is 13.8. The molecule has 2 N–H and O–H groups in total. The lowest BCUT2D eigenvalue weighted by Gasteiger charge is -2.34. The standard InChI is InChI=1S/C46H61ClN4O10/c1-8-22-58-40(53)27-51-20-18-50(19-21-51)26-31-12-15-33(16-13-31)42-41(61-42)30(4)36-10-9-11-39(52)49-35(25-32-14-17-37(57-7)34(47)24-32)43(54)48-28-46(5,6)45(56)60-38(23-29(2)3)44(55)59-36/h8-9,11-17,24,29-30,35-36,38,41-42H,1,10,18-23,25-28H2,2-7H3,(H,48,54)(H,49,52)/b11-9-/t30-,35+,36-,38-,41+,42+/m0/s1. The molecule has 0 aromatic heterocycles. The number of amides is 2. The summed E-state index contributed by atoms with van der Waals surface area (Å²) < 4.78 is 28.6. The van der Waals surface area contributed by atoms with Crippen molar-refractivity contribution >= 4 is 41.3 Å². The molecule has 3 aliphatic rings. The fraction of sp³-hybridized carbons (Fsp3) is 0.543. The van der Waals surface area contributed by atoms with Crippen molar-refractivity contribution in [3.63, 3.8) is 0 Å². The van der Waals surface area contributed by atoms with E-state index in [9.17, 15) is 24.0 Å². The number of nitrogens with zero attached hydrogens (tertiary/aromatic N) is 2. The minimum atomic E-state index is -1.23. The van der Waals surface area contributed by atoms with Crippen LogP contribution in [0.15, 0.2) is 67.3 Å². The Morgan fingerprint density at radius 2 is 1.69 bits per heavy atom. The quantitative estimate of drug-likeness (QED) is 0.114. The number of hydrogen-bond acceptors (Lipinski definition) is 12. The highest BCUT2D eigenvalue weighted by Gasteiger charge is 2.48. The number of halogens is 1. The number of methoxy groups -OCH3 is 1. The Kier molecular flexibility index (Phi) is 16.9. The number of hydrogen-bond donors (Lipinski definition) is 2. The zero-order valence-corrected chi connectivity index (χ0v) is 36.9. The third-order valence-corrected chi connectivity index (χ3v) is 11.5. The minimum Gasteiger partial charge on any atom is -0.495 e. The van der Waals surface area contributed by atoms with Gasteiger partial charge in [0.1, 0.15) is 30.6 Å². The van der Waals surface area contributed by atoms with E-state index < -0.39 is 47.4 Å². The van der Waals surface area contributed by atoms with E-state index in [0.717, 1.165) is 43.9 Å². The summed E-state index contributed by atoms with van der Waals surface area (Å²) in [4.78, 5) is 70.9. The van der Waals surface area contributed by atoms with Gasteiger partial charge in [-0.2, -0.15) is 0 Å². The smallest absolute Gasteiger partial charge is 0.347 e. The molecule has 0 bridgehead atoms. The van der Waals surface area contributed by atoms with E-state index in [1.54, 1.807) is 44.2 Å². The average Bonchev–Trinajstić information content (AvgIpc) is 4.03. The normalized spacial score (nSPS) is 25.3. The molecule has 2 aromatic rings. The maximum Gasteiger partial charge on any atom is 0.347 e. The lowest BCUT2D eigenvalue weighted by atomic mass is 9.92. The van der Waals surface area contributed by atoms with Gasteiger partial charge in [-0.05, 0) is 61.1 Å². The van der Waals surface area contributed by atoms with Crippen molar-refractivity contribution < 1.29 is 47.7 Å². The molecule has 3 aliphatic heterocycles. The molecule has 3 heterocycles. The molecule has 61 heavy (non-hydrogen) atoms. The van der Waals surface area contributed by atoms with Crippen LogP contribution in [0.25, 0.3) is 0 Å². The van der Waals surface area contributed by atoms with Crippen LogP contribution in [0.1, 0.15) is 70.3 Å². The van der Waals surface area contributed by atoms with E-state index in [2.05, 4.69) is 51.3 Å². The number of carbonyl (C=O) groups is 5. The highest BCUT2D eigenvalue weighted by Crippen LogP contribution is 2.45. The van der Waals surface area contributed by atoms with Crippen molar-refractivity contribution in [2.75, 3.05) is 53.0 Å². The molecule has 332 valence electrons. The molecule has 15 heteroatoms. The molecule has 0 unspecified atom stereocenters. The van der Waals surface area contributed by atoms with Crippen LogP contribution in [-0.4, -0.2) is 117 Å². The van der Waals surface area contributed by atoms with Crippen LogP contribution in [0.2, 0.25) is 5.02 Å². The summed E-state index contributed by atoms with van der Waals surface area (Å²) in [6.07, 6.45) is 2.59. The Bertz CT molecular complexity index is 1890. The van der Waals surface area contributed by atoms with Crippen LogP contribution in [0.3, 0.4) is 0 Å². The minimum absolute atomic E-state index is 0.00707. The monoisotopic (exact) mass is 864 g/mol. The van der Waals surface area contributed by atoms with Crippen molar-refractivity contribution in [3.8, 4) is 5.75 Å². The van der Waals surface area contributed by atoms with E-state index in [-0.39, 0.29) is 69.0 Å². The molecule has 6 atom stereocenters. The third-order valence-electron chi connectivity index (χ3n) is 11.2. The second-order valence-corrected chi connectivity index (χ2v) is 17.5. The largest absolute Gasteiger partial charge is 0.495 e. The summed E-state index contributed by atoms with van der Waals surface area (Å²) in [6, 6.07) is 12.4. The average molecular weight is 865 g/mol. The number of ether oxygens (including phenoxy) is 5. The number of piperazine rings is 1. The molecule has 2 saturated heterocycles. The summed E-state index contributed by atoms with van der Waals surface area (Å²) in [7, 11) is 1.50. The molecule has 14 nitrogen and oxygen atoms in total. The van der Waals surface area contributed by atoms with E-state index in [1.807, 2.05) is 20.8 Å². The molecule has 2 amide bonds. The first-order valence-corrected chi connectivity index (χ1v) is 21.4. The van der Waals surface area contributed by atoms with Crippen molar-refractivity contribution in [2.24, 2.45) is 17.3 Å². The molecular formula is C46H61ClN4O10. The van der Waals surface area contributed by atoms with Crippen LogP contribution < -0.4 is 15.4 Å². The number of carbonyl (C=O) groups excluding carboxylic acids is 5. The summed E-state index contributed by atoms with van der Waals surface area (Å²) in [5, 5.41) is 5.93. The number of rotatable bonds is 14. The number of cyclic esters (lactones) is 2. The molecule has 2 fully saturated rings. The third kappa shape index (κ3) is 13.9. The highest BCUT2D eigenvalue weighted by molar-refractivity contribution is 6.32. The Hall–Kier alpha value is -4.76. The fourth-order valence-electron chi connectivity index (χ4n) is 7.38. The van der Waals surface area contributed by atoms with Gasteiger partial charge in [0.15, 0.2) is 6.10 Å². The zero-order valence-electron chi connectivity index (χ0n) is 36.2. The van der Waals surface area contributed by atoms with Crippen LogP contribution >= 0.6 is 11.6 Å². The van der Waals surface area contributed by atoms with Gasteiger partial charge in [0.05, 0.1) is 30.2 Å². The Labute approximate surface area is 364 Å². The van der Waals surface area contributed by atoms with Gasteiger partial charge < -0.3 is 34.3 Å². The first-order valence-electron chi connectivity index (χ1n) is 21.0. The Morgan fingerprint density at radius 3 is 2.34 bits per heavy atom. The van der Waals surface area contributed by atoms with Crippen LogP contribution in [0.5, 0.6) is 5.75 Å². The fourth-order valence-corrected chi connectivity index (χ4v) is 7.66. The molecule has 0 saturated carbocycles. The SMILES string of the molecule is C=CCOC(=O)CN1CCN(Cc2ccc([C@H]3O[C@@H]3[C@@H](C)[C@@H]3C/C=C\C(=O)N[C@H](Cc4ccc(OC)c(Cl)c4)C(=O)NCC(C)(C)C(=O)O[C@@H](CC(C)C)C(=O)O3)cc2)CC1. The number of nitrogens with one attached hydrogen (secondary N) is 2. The number of benzene rings is 2. The van der Waals surface area contributed by atoms with Gasteiger partial charge >= 0.3 is 17.9 Å². The predicted octanol–water partition coefficient (Wildman–Crippen LogP) is 4.97. The van der Waals surface area contributed by atoms with E-state index in [1.165, 1.54) is 13.2 Å². The first kappa shape index (κ1) is 47.3. The van der Waals surface area contributed by atoms with Gasteiger partial charge in [-0.15, -0.1) is 0 Å². The van der Waals surface area contributed by atoms with Gasteiger partial charge in [-0.1, -0.05) is 81.4 Å². The van der Waals surface area contributed by atoms with Crippen LogP contribution in [0, 0.1) is 17.3 Å². The molecular weight excluding hydrogens is 804 g/mol.